The smallest absolute Gasteiger partial charge is 0.338 e. The van der Waals surface area contributed by atoms with Crippen molar-refractivity contribution < 1.29 is 24.1 Å². The summed E-state index contributed by atoms with van der Waals surface area (Å²) in [7, 11) is 7.15. The molecule has 3 unspecified atom stereocenters. The molecule has 2 aromatic rings. The molecule has 0 saturated heterocycles. The van der Waals surface area contributed by atoms with Crippen LogP contribution in [-0.4, -0.2) is 56.9 Å². The first-order valence-corrected chi connectivity index (χ1v) is 10.2. The number of benzene rings is 2. The van der Waals surface area contributed by atoms with Gasteiger partial charge in [-0.2, -0.15) is 0 Å². The molecule has 0 aliphatic heterocycles. The van der Waals surface area contributed by atoms with E-state index in [-0.39, 0.29) is 30.4 Å². The maximum Gasteiger partial charge on any atom is 0.338 e. The van der Waals surface area contributed by atoms with Gasteiger partial charge in [0.05, 0.1) is 25.4 Å². The molecule has 0 bridgehead atoms. The van der Waals surface area contributed by atoms with E-state index in [9.17, 15) is 9.90 Å². The summed E-state index contributed by atoms with van der Waals surface area (Å²) in [5, 5.41) is 11.7. The summed E-state index contributed by atoms with van der Waals surface area (Å²) in [6.45, 7) is 0.681. The molecule has 1 saturated carbocycles. The Morgan fingerprint density at radius 1 is 1.10 bits per heavy atom. The summed E-state index contributed by atoms with van der Waals surface area (Å²) in [5.41, 5.74) is 0.302. The van der Waals surface area contributed by atoms with Crippen molar-refractivity contribution in [1.82, 2.24) is 4.90 Å². The topological polar surface area (TPSA) is 68.2 Å². The van der Waals surface area contributed by atoms with Crippen molar-refractivity contribution in [2.24, 2.45) is 5.92 Å². The van der Waals surface area contributed by atoms with Crippen LogP contribution in [0.25, 0.3) is 0 Å². The fraction of sp³-hybridized carbons (Fsp3) is 0.458. The molecule has 0 amide bonds. The average molecular weight is 450 g/mol. The summed E-state index contributed by atoms with van der Waals surface area (Å²) in [6.07, 6.45) is 1.43. The van der Waals surface area contributed by atoms with Crippen molar-refractivity contribution >= 4 is 18.4 Å². The largest absolute Gasteiger partial charge is 0.497 e. The summed E-state index contributed by atoms with van der Waals surface area (Å²) < 4.78 is 16.4. The minimum absolute atomic E-state index is 0. The van der Waals surface area contributed by atoms with Crippen molar-refractivity contribution in [2.45, 2.75) is 31.0 Å². The predicted octanol–water partition coefficient (Wildman–Crippen LogP) is 3.90. The van der Waals surface area contributed by atoms with Gasteiger partial charge in [-0.15, -0.1) is 12.4 Å². The molecule has 170 valence electrons. The minimum atomic E-state index is -1.00. The number of nitrogens with zero attached hydrogens (tertiary/aromatic N) is 1. The highest BCUT2D eigenvalue weighted by Gasteiger charge is 2.44. The summed E-state index contributed by atoms with van der Waals surface area (Å²) in [4.78, 5) is 14.7. The quantitative estimate of drug-likeness (QED) is 0.646. The minimum Gasteiger partial charge on any atom is -0.497 e. The third-order valence-electron chi connectivity index (χ3n) is 5.80. The van der Waals surface area contributed by atoms with Crippen LogP contribution in [-0.2, 0) is 10.3 Å². The van der Waals surface area contributed by atoms with Crippen molar-refractivity contribution in [3.05, 3.63) is 59.7 Å². The zero-order valence-electron chi connectivity index (χ0n) is 18.5. The molecule has 0 aromatic heterocycles. The molecule has 1 aliphatic carbocycles. The van der Waals surface area contributed by atoms with E-state index in [1.54, 1.807) is 38.5 Å². The van der Waals surface area contributed by atoms with Crippen LogP contribution in [0.15, 0.2) is 48.5 Å². The standard InChI is InChI=1S/C24H31NO5.ClH/c1-25(2)16-19-15-22(30-23(26)17-7-5-9-20(13-17)28-3)11-12-24(19,27)18-8-6-10-21(14-18)29-4;/h5-10,13-14,19,22,27H,11-12,15-16H2,1-4H3;1H. The molecule has 0 radical (unpaired) electrons. The molecule has 1 fully saturated rings. The van der Waals surface area contributed by atoms with Gasteiger partial charge < -0.3 is 24.2 Å². The molecule has 7 heteroatoms. The van der Waals surface area contributed by atoms with Crippen molar-refractivity contribution in [3.8, 4) is 11.5 Å². The molecular weight excluding hydrogens is 418 g/mol. The highest BCUT2D eigenvalue weighted by molar-refractivity contribution is 5.90. The SMILES string of the molecule is COc1cccc(C(=O)OC2CCC(O)(c3cccc(OC)c3)C(CN(C)C)C2)c1.Cl. The number of methoxy groups -OCH3 is 2. The highest BCUT2D eigenvalue weighted by atomic mass is 35.5. The van der Waals surface area contributed by atoms with Crippen molar-refractivity contribution in [1.29, 1.82) is 0 Å². The molecule has 31 heavy (non-hydrogen) atoms. The fourth-order valence-corrected chi connectivity index (χ4v) is 4.23. The van der Waals surface area contributed by atoms with Gasteiger partial charge in [-0.05, 0) is 69.3 Å². The normalized spacial score (nSPS) is 23.0. The molecule has 3 atom stereocenters. The van der Waals surface area contributed by atoms with Gasteiger partial charge in [0.25, 0.3) is 0 Å². The first-order chi connectivity index (χ1) is 14.4. The van der Waals surface area contributed by atoms with Gasteiger partial charge in [0, 0.05) is 12.5 Å². The van der Waals surface area contributed by atoms with Crippen LogP contribution in [0.5, 0.6) is 11.5 Å². The molecule has 0 spiro atoms. The number of esters is 1. The number of carbonyl (C=O) groups excluding carboxylic acids is 1. The molecule has 6 nitrogen and oxygen atoms in total. The Kier molecular flexibility index (Phi) is 8.74. The molecule has 2 aromatic carbocycles. The molecular formula is C24H32ClNO5. The highest BCUT2D eigenvalue weighted by Crippen LogP contribution is 2.43. The Balaban J connectivity index is 0.00000341. The number of aliphatic hydroxyl groups is 1. The Labute approximate surface area is 190 Å². The van der Waals surface area contributed by atoms with E-state index in [0.29, 0.717) is 37.1 Å². The van der Waals surface area contributed by atoms with Crippen LogP contribution in [0.4, 0.5) is 0 Å². The lowest BCUT2D eigenvalue weighted by atomic mass is 9.70. The Hall–Kier alpha value is -2.28. The van der Waals surface area contributed by atoms with E-state index in [4.69, 9.17) is 14.2 Å². The summed E-state index contributed by atoms with van der Waals surface area (Å²) >= 11 is 0. The third-order valence-corrected chi connectivity index (χ3v) is 5.80. The van der Waals surface area contributed by atoms with Crippen LogP contribution in [0, 0.1) is 5.92 Å². The van der Waals surface area contributed by atoms with Crippen LogP contribution in [0.3, 0.4) is 0 Å². The number of halogens is 1. The van der Waals surface area contributed by atoms with E-state index >= 15 is 0 Å². The summed E-state index contributed by atoms with van der Waals surface area (Å²) in [6, 6.07) is 14.6. The predicted molar refractivity (Wildman–Crippen MR) is 122 cm³/mol. The first-order valence-electron chi connectivity index (χ1n) is 10.2. The van der Waals surface area contributed by atoms with E-state index in [0.717, 1.165) is 11.3 Å². The second-order valence-corrected chi connectivity index (χ2v) is 8.15. The molecule has 3 rings (SSSR count). The van der Waals surface area contributed by atoms with Crippen LogP contribution in [0.2, 0.25) is 0 Å². The maximum atomic E-state index is 12.7. The van der Waals surface area contributed by atoms with Gasteiger partial charge in [-0.3, -0.25) is 0 Å². The van der Waals surface area contributed by atoms with Gasteiger partial charge in [-0.25, -0.2) is 4.79 Å². The van der Waals surface area contributed by atoms with E-state index in [1.807, 2.05) is 38.4 Å². The number of hydrogen-bond acceptors (Lipinski definition) is 6. The number of hydrogen-bond donors (Lipinski definition) is 1. The number of carbonyl (C=O) groups is 1. The van der Waals surface area contributed by atoms with E-state index < -0.39 is 5.60 Å². The third kappa shape index (κ3) is 5.91. The molecule has 0 heterocycles. The van der Waals surface area contributed by atoms with Crippen molar-refractivity contribution in [3.63, 3.8) is 0 Å². The first kappa shape index (κ1) is 25.0. The number of ether oxygens (including phenoxy) is 3. The van der Waals surface area contributed by atoms with E-state index in [2.05, 4.69) is 4.90 Å². The van der Waals surface area contributed by atoms with Crippen LogP contribution < -0.4 is 9.47 Å². The van der Waals surface area contributed by atoms with Crippen LogP contribution in [0.1, 0.15) is 35.2 Å². The average Bonchev–Trinajstić information content (AvgIpc) is 2.75. The number of rotatable bonds is 7. The van der Waals surface area contributed by atoms with Crippen LogP contribution >= 0.6 is 12.4 Å². The molecule has 1 aliphatic rings. The lowest BCUT2D eigenvalue weighted by Gasteiger charge is -2.44. The second-order valence-electron chi connectivity index (χ2n) is 8.15. The maximum absolute atomic E-state index is 12.7. The lowest BCUT2D eigenvalue weighted by molar-refractivity contribution is -0.0960. The lowest BCUT2D eigenvalue weighted by Crippen LogP contribution is -2.47. The van der Waals surface area contributed by atoms with Gasteiger partial charge in [0.15, 0.2) is 0 Å². The van der Waals surface area contributed by atoms with Gasteiger partial charge in [-0.1, -0.05) is 18.2 Å². The van der Waals surface area contributed by atoms with Crippen molar-refractivity contribution in [2.75, 3.05) is 34.9 Å². The molecule has 1 N–H and O–H groups in total. The fourth-order valence-electron chi connectivity index (χ4n) is 4.23. The Morgan fingerprint density at radius 2 is 1.74 bits per heavy atom. The van der Waals surface area contributed by atoms with Gasteiger partial charge in [0.1, 0.15) is 17.6 Å². The Morgan fingerprint density at radius 3 is 2.39 bits per heavy atom. The van der Waals surface area contributed by atoms with Gasteiger partial charge >= 0.3 is 5.97 Å². The monoisotopic (exact) mass is 449 g/mol. The zero-order chi connectivity index (χ0) is 21.7. The Bertz CT molecular complexity index is 875. The van der Waals surface area contributed by atoms with Gasteiger partial charge in [0.2, 0.25) is 0 Å². The second kappa shape index (κ2) is 10.8. The zero-order valence-corrected chi connectivity index (χ0v) is 19.4. The summed E-state index contributed by atoms with van der Waals surface area (Å²) in [5.74, 6) is 0.882. The van der Waals surface area contributed by atoms with E-state index in [1.165, 1.54) is 0 Å².